The Hall–Kier alpha value is -1.37. The standard InChI is InChI=1S/C13H18N/c1-5-11(2)6-7-14-9-12(3)8-13(4)10-14/h5-6,8-10H,1,7H2,2-4H3/q+1/b11-6-. The summed E-state index contributed by atoms with van der Waals surface area (Å²) in [6.07, 6.45) is 8.36. The molecular formula is C13H18N+. The minimum atomic E-state index is 0.917. The van der Waals surface area contributed by atoms with Crippen molar-refractivity contribution in [3.63, 3.8) is 0 Å². The van der Waals surface area contributed by atoms with Crippen LogP contribution in [0.4, 0.5) is 0 Å². The number of nitrogens with zero attached hydrogens (tertiary/aromatic N) is 1. The lowest BCUT2D eigenvalue weighted by molar-refractivity contribution is -0.687. The van der Waals surface area contributed by atoms with Gasteiger partial charge in [-0.05, 0) is 38.5 Å². The lowest BCUT2D eigenvalue weighted by Gasteiger charge is -1.97. The van der Waals surface area contributed by atoms with Crippen molar-refractivity contribution in [2.75, 3.05) is 0 Å². The van der Waals surface area contributed by atoms with Gasteiger partial charge in [0.25, 0.3) is 0 Å². The molecule has 0 spiro atoms. The second-order valence-corrected chi connectivity index (χ2v) is 3.74. The predicted octanol–water partition coefficient (Wildman–Crippen LogP) is 2.72. The van der Waals surface area contributed by atoms with Gasteiger partial charge in [-0.25, -0.2) is 4.57 Å². The molecule has 0 aliphatic rings. The van der Waals surface area contributed by atoms with E-state index >= 15 is 0 Å². The summed E-state index contributed by atoms with van der Waals surface area (Å²) in [6, 6.07) is 2.18. The lowest BCUT2D eigenvalue weighted by Crippen LogP contribution is -2.32. The number of hydrogen-bond donors (Lipinski definition) is 0. The highest BCUT2D eigenvalue weighted by Gasteiger charge is 2.00. The second-order valence-electron chi connectivity index (χ2n) is 3.74. The summed E-state index contributed by atoms with van der Waals surface area (Å²) in [5.74, 6) is 0. The monoisotopic (exact) mass is 188 g/mol. The molecule has 0 radical (unpaired) electrons. The topological polar surface area (TPSA) is 3.88 Å². The molecule has 0 aliphatic carbocycles. The van der Waals surface area contributed by atoms with Gasteiger partial charge in [-0.15, -0.1) is 0 Å². The zero-order valence-corrected chi connectivity index (χ0v) is 9.25. The van der Waals surface area contributed by atoms with Gasteiger partial charge in [0, 0.05) is 11.1 Å². The Morgan fingerprint density at radius 1 is 1.36 bits per heavy atom. The zero-order chi connectivity index (χ0) is 10.6. The third-order valence-corrected chi connectivity index (χ3v) is 2.14. The summed E-state index contributed by atoms with van der Waals surface area (Å²) in [5, 5.41) is 0. The van der Waals surface area contributed by atoms with E-state index in [0.29, 0.717) is 0 Å². The number of rotatable bonds is 3. The molecule has 1 rings (SSSR count). The van der Waals surface area contributed by atoms with Crippen LogP contribution in [-0.4, -0.2) is 0 Å². The summed E-state index contributed by atoms with van der Waals surface area (Å²) < 4.78 is 2.19. The van der Waals surface area contributed by atoms with E-state index in [0.717, 1.165) is 6.54 Å². The first-order valence-corrected chi connectivity index (χ1v) is 4.88. The van der Waals surface area contributed by atoms with Gasteiger partial charge >= 0.3 is 0 Å². The molecule has 0 N–H and O–H groups in total. The van der Waals surface area contributed by atoms with E-state index in [1.54, 1.807) is 0 Å². The van der Waals surface area contributed by atoms with Crippen molar-refractivity contribution in [2.24, 2.45) is 0 Å². The molecule has 0 unspecified atom stereocenters. The van der Waals surface area contributed by atoms with E-state index in [4.69, 9.17) is 0 Å². The largest absolute Gasteiger partial charge is 0.201 e. The van der Waals surface area contributed by atoms with Crippen molar-refractivity contribution < 1.29 is 4.57 Å². The van der Waals surface area contributed by atoms with Crippen molar-refractivity contribution >= 4 is 0 Å². The summed E-state index contributed by atoms with van der Waals surface area (Å²) >= 11 is 0. The molecule has 0 saturated carbocycles. The molecule has 1 nitrogen and oxygen atoms in total. The van der Waals surface area contributed by atoms with Crippen LogP contribution in [-0.2, 0) is 6.54 Å². The van der Waals surface area contributed by atoms with Crippen LogP contribution in [0.25, 0.3) is 0 Å². The van der Waals surface area contributed by atoms with Crippen LogP contribution < -0.4 is 4.57 Å². The summed E-state index contributed by atoms with van der Waals surface area (Å²) in [5.41, 5.74) is 3.82. The van der Waals surface area contributed by atoms with Gasteiger partial charge in [-0.3, -0.25) is 0 Å². The maximum atomic E-state index is 3.73. The number of aryl methyl sites for hydroxylation is 2. The lowest BCUT2D eigenvalue weighted by atomic mass is 10.2. The van der Waals surface area contributed by atoms with Gasteiger partial charge in [0.05, 0.1) is 0 Å². The predicted molar refractivity (Wildman–Crippen MR) is 60.1 cm³/mol. The second kappa shape index (κ2) is 4.75. The van der Waals surface area contributed by atoms with Gasteiger partial charge in [-0.1, -0.05) is 12.7 Å². The van der Waals surface area contributed by atoms with E-state index in [1.807, 2.05) is 6.08 Å². The van der Waals surface area contributed by atoms with Gasteiger partial charge in [0.1, 0.15) is 0 Å². The zero-order valence-electron chi connectivity index (χ0n) is 9.25. The van der Waals surface area contributed by atoms with Gasteiger partial charge in [-0.2, -0.15) is 0 Å². The molecule has 1 aromatic rings. The van der Waals surface area contributed by atoms with Crippen LogP contribution in [0.15, 0.2) is 42.8 Å². The summed E-state index contributed by atoms with van der Waals surface area (Å²) in [4.78, 5) is 0. The van der Waals surface area contributed by atoms with Crippen molar-refractivity contribution in [1.29, 1.82) is 0 Å². The maximum Gasteiger partial charge on any atom is 0.172 e. The maximum absolute atomic E-state index is 3.73. The van der Waals surface area contributed by atoms with Crippen LogP contribution in [0.5, 0.6) is 0 Å². The SMILES string of the molecule is C=C/C(C)=C\C[n+]1cc(C)cc(C)c1. The van der Waals surface area contributed by atoms with Crippen molar-refractivity contribution in [1.82, 2.24) is 0 Å². The van der Waals surface area contributed by atoms with Gasteiger partial charge in [0.15, 0.2) is 18.9 Å². The van der Waals surface area contributed by atoms with E-state index in [1.165, 1.54) is 16.7 Å². The number of aromatic nitrogens is 1. The molecule has 0 bridgehead atoms. The third-order valence-electron chi connectivity index (χ3n) is 2.14. The van der Waals surface area contributed by atoms with Gasteiger partial charge in [0.2, 0.25) is 0 Å². The Bertz CT molecular complexity index is 341. The van der Waals surface area contributed by atoms with Crippen LogP contribution in [0, 0.1) is 13.8 Å². The van der Waals surface area contributed by atoms with Crippen molar-refractivity contribution in [3.8, 4) is 0 Å². The third kappa shape index (κ3) is 3.17. The molecule has 1 aromatic heterocycles. The Labute approximate surface area is 86.4 Å². The average Bonchev–Trinajstić information content (AvgIpc) is 2.12. The number of pyridine rings is 1. The molecule has 0 fully saturated rings. The first-order valence-electron chi connectivity index (χ1n) is 4.88. The van der Waals surface area contributed by atoms with Crippen molar-refractivity contribution in [3.05, 3.63) is 53.9 Å². The van der Waals surface area contributed by atoms with E-state index < -0.39 is 0 Å². The molecule has 0 saturated heterocycles. The fourth-order valence-electron chi connectivity index (χ4n) is 1.43. The molecular weight excluding hydrogens is 170 g/mol. The molecule has 0 amide bonds. The fraction of sp³-hybridized carbons (Fsp3) is 0.308. The Balaban J connectivity index is 2.82. The summed E-state index contributed by atoms with van der Waals surface area (Å²) in [6.45, 7) is 11.0. The van der Waals surface area contributed by atoms with Crippen LogP contribution >= 0.6 is 0 Å². The number of hydrogen-bond acceptors (Lipinski definition) is 0. The quantitative estimate of drug-likeness (QED) is 0.507. The molecule has 0 aromatic carbocycles. The summed E-state index contributed by atoms with van der Waals surface area (Å²) in [7, 11) is 0. The molecule has 14 heavy (non-hydrogen) atoms. The first-order chi connectivity index (χ1) is 6.61. The van der Waals surface area contributed by atoms with Crippen LogP contribution in [0.1, 0.15) is 18.1 Å². The normalized spacial score (nSPS) is 11.5. The highest BCUT2D eigenvalue weighted by molar-refractivity contribution is 5.13. The minimum absolute atomic E-state index is 0.917. The highest BCUT2D eigenvalue weighted by atomic mass is 14.9. The number of allylic oxidation sites excluding steroid dienone is 3. The molecule has 1 heterocycles. The van der Waals surface area contributed by atoms with Crippen LogP contribution in [0.3, 0.4) is 0 Å². The minimum Gasteiger partial charge on any atom is -0.201 e. The van der Waals surface area contributed by atoms with E-state index in [9.17, 15) is 0 Å². The first kappa shape index (κ1) is 10.7. The van der Waals surface area contributed by atoms with E-state index in [-0.39, 0.29) is 0 Å². The molecule has 0 aliphatic heterocycles. The molecule has 1 heteroatoms. The fourth-order valence-corrected chi connectivity index (χ4v) is 1.43. The average molecular weight is 188 g/mol. The van der Waals surface area contributed by atoms with Crippen LogP contribution in [0.2, 0.25) is 0 Å². The Morgan fingerprint density at radius 2 is 1.93 bits per heavy atom. The van der Waals surface area contributed by atoms with Crippen molar-refractivity contribution in [2.45, 2.75) is 27.3 Å². The Morgan fingerprint density at radius 3 is 2.43 bits per heavy atom. The highest BCUT2D eigenvalue weighted by Crippen LogP contribution is 1.98. The van der Waals surface area contributed by atoms with E-state index in [2.05, 4.69) is 56.5 Å². The molecule has 74 valence electrons. The smallest absolute Gasteiger partial charge is 0.172 e. The van der Waals surface area contributed by atoms with Gasteiger partial charge < -0.3 is 0 Å². The molecule has 0 atom stereocenters. The Kier molecular flexibility index (Phi) is 3.63.